The van der Waals surface area contributed by atoms with E-state index >= 15 is 0 Å². The van der Waals surface area contributed by atoms with Gasteiger partial charge in [-0.05, 0) is 30.7 Å². The van der Waals surface area contributed by atoms with E-state index in [2.05, 4.69) is 10.6 Å². The van der Waals surface area contributed by atoms with Crippen molar-refractivity contribution in [3.8, 4) is 0 Å². The highest BCUT2D eigenvalue weighted by Crippen LogP contribution is 2.33. The van der Waals surface area contributed by atoms with Gasteiger partial charge in [-0.2, -0.15) is 0 Å². The Morgan fingerprint density at radius 3 is 2.48 bits per heavy atom. The second-order valence-electron chi connectivity index (χ2n) is 6.54. The molecule has 0 aliphatic heterocycles. The summed E-state index contributed by atoms with van der Waals surface area (Å²) in [4.78, 5) is 25.1. The van der Waals surface area contributed by atoms with Crippen molar-refractivity contribution in [2.75, 3.05) is 42.7 Å². The predicted molar refractivity (Wildman–Crippen MR) is 123 cm³/mol. The van der Waals surface area contributed by atoms with Gasteiger partial charge in [0, 0.05) is 20.3 Å². The van der Waals surface area contributed by atoms with Crippen molar-refractivity contribution in [3.05, 3.63) is 58.1 Å². The average molecular weight is 488 g/mol. The van der Waals surface area contributed by atoms with Gasteiger partial charge in [-0.15, -0.1) is 0 Å². The first-order valence-corrected chi connectivity index (χ1v) is 11.8. The summed E-state index contributed by atoms with van der Waals surface area (Å²) in [7, 11) is -2.28. The largest absolute Gasteiger partial charge is 0.385 e. The predicted octanol–water partition coefficient (Wildman–Crippen LogP) is 3.16. The summed E-state index contributed by atoms with van der Waals surface area (Å²) in [5.74, 6) is -1.02. The Kier molecular flexibility index (Phi) is 9.12. The third kappa shape index (κ3) is 7.10. The lowest BCUT2D eigenvalue weighted by molar-refractivity contribution is -0.114. The van der Waals surface area contributed by atoms with E-state index in [1.54, 1.807) is 31.4 Å². The molecular weight excluding hydrogens is 465 g/mol. The summed E-state index contributed by atoms with van der Waals surface area (Å²) in [6, 6.07) is 10.9. The molecule has 0 saturated heterocycles. The SMILES string of the molecule is COCCCNC(=O)c1ccccc1NC(=O)CN(c1cccc(Cl)c1Cl)S(C)(=O)=O. The van der Waals surface area contributed by atoms with Crippen molar-refractivity contribution in [1.29, 1.82) is 0 Å². The summed E-state index contributed by atoms with van der Waals surface area (Å²) in [6.45, 7) is 0.360. The number of carbonyl (C=O) groups excluding carboxylic acids is 2. The number of nitrogens with zero attached hydrogens (tertiary/aromatic N) is 1. The van der Waals surface area contributed by atoms with Crippen LogP contribution in [0.15, 0.2) is 42.5 Å². The first-order valence-electron chi connectivity index (χ1n) is 9.23. The van der Waals surface area contributed by atoms with Crippen LogP contribution in [0.25, 0.3) is 0 Å². The molecule has 0 aromatic heterocycles. The van der Waals surface area contributed by atoms with Gasteiger partial charge in [0.1, 0.15) is 6.54 Å². The van der Waals surface area contributed by atoms with E-state index in [1.165, 1.54) is 18.2 Å². The van der Waals surface area contributed by atoms with E-state index in [9.17, 15) is 18.0 Å². The number of benzene rings is 2. The minimum Gasteiger partial charge on any atom is -0.385 e. The fraction of sp³-hybridized carbons (Fsp3) is 0.300. The molecule has 0 spiro atoms. The van der Waals surface area contributed by atoms with E-state index < -0.39 is 22.5 Å². The van der Waals surface area contributed by atoms with Crippen molar-refractivity contribution in [2.24, 2.45) is 0 Å². The van der Waals surface area contributed by atoms with E-state index in [4.69, 9.17) is 27.9 Å². The molecule has 2 amide bonds. The summed E-state index contributed by atoms with van der Waals surface area (Å²) < 4.78 is 30.4. The molecule has 2 aromatic carbocycles. The molecule has 0 unspecified atom stereocenters. The summed E-state index contributed by atoms with van der Waals surface area (Å²) in [5.41, 5.74) is 0.582. The number of para-hydroxylation sites is 1. The van der Waals surface area contributed by atoms with Crippen LogP contribution in [0, 0.1) is 0 Å². The summed E-state index contributed by atoms with van der Waals surface area (Å²) in [5, 5.41) is 5.50. The fourth-order valence-corrected chi connectivity index (χ4v) is 4.00. The maximum atomic E-state index is 12.7. The van der Waals surface area contributed by atoms with Gasteiger partial charge in [0.05, 0.1) is 33.2 Å². The van der Waals surface area contributed by atoms with E-state index in [1.807, 2.05) is 0 Å². The third-order valence-electron chi connectivity index (χ3n) is 4.14. The molecular formula is C20H23Cl2N3O5S. The van der Waals surface area contributed by atoms with Crippen molar-refractivity contribution in [1.82, 2.24) is 5.32 Å². The maximum absolute atomic E-state index is 12.7. The van der Waals surface area contributed by atoms with Gasteiger partial charge in [-0.25, -0.2) is 8.42 Å². The average Bonchev–Trinajstić information content (AvgIpc) is 2.71. The molecule has 0 fully saturated rings. The minimum atomic E-state index is -3.85. The Hall–Kier alpha value is -2.33. The standard InChI is InChI=1S/C20H23Cl2N3O5S/c1-30-12-6-11-23-20(27)14-7-3-4-9-16(14)24-18(26)13-25(31(2,28)29)17-10-5-8-15(21)19(17)22/h3-5,7-10H,6,11-13H2,1-2H3,(H,23,27)(H,24,26). The number of anilines is 2. The van der Waals surface area contributed by atoms with Crippen molar-refractivity contribution in [3.63, 3.8) is 0 Å². The molecule has 0 aliphatic rings. The van der Waals surface area contributed by atoms with Gasteiger partial charge in [0.15, 0.2) is 0 Å². The van der Waals surface area contributed by atoms with E-state index in [0.717, 1.165) is 10.6 Å². The zero-order valence-corrected chi connectivity index (χ0v) is 19.4. The molecule has 2 rings (SSSR count). The van der Waals surface area contributed by atoms with Gasteiger partial charge in [-0.1, -0.05) is 41.4 Å². The van der Waals surface area contributed by atoms with Crippen LogP contribution in [-0.2, 0) is 19.6 Å². The first-order chi connectivity index (χ1) is 14.6. The molecule has 2 N–H and O–H groups in total. The second kappa shape index (κ2) is 11.3. The second-order valence-corrected chi connectivity index (χ2v) is 9.23. The van der Waals surface area contributed by atoms with Gasteiger partial charge in [0.2, 0.25) is 15.9 Å². The number of nitrogens with one attached hydrogen (secondary N) is 2. The number of hydrogen-bond acceptors (Lipinski definition) is 5. The molecule has 0 heterocycles. The summed E-state index contributed by atoms with van der Waals surface area (Å²) in [6.07, 6.45) is 1.60. The number of methoxy groups -OCH3 is 1. The third-order valence-corrected chi connectivity index (χ3v) is 6.08. The van der Waals surface area contributed by atoms with E-state index in [0.29, 0.717) is 19.6 Å². The van der Waals surface area contributed by atoms with Crippen LogP contribution < -0.4 is 14.9 Å². The topological polar surface area (TPSA) is 105 Å². The van der Waals surface area contributed by atoms with Crippen LogP contribution in [0.3, 0.4) is 0 Å². The number of carbonyl (C=O) groups is 2. The molecule has 2 aromatic rings. The number of sulfonamides is 1. The lowest BCUT2D eigenvalue weighted by Crippen LogP contribution is -2.38. The number of rotatable bonds is 10. The molecule has 0 saturated carbocycles. The van der Waals surface area contributed by atoms with Crippen LogP contribution in [-0.4, -0.2) is 53.3 Å². The van der Waals surface area contributed by atoms with Gasteiger partial charge in [-0.3, -0.25) is 13.9 Å². The molecule has 0 atom stereocenters. The van der Waals surface area contributed by atoms with Crippen LogP contribution in [0.1, 0.15) is 16.8 Å². The Morgan fingerprint density at radius 1 is 1.10 bits per heavy atom. The van der Waals surface area contributed by atoms with Crippen LogP contribution in [0.2, 0.25) is 10.0 Å². The fourth-order valence-electron chi connectivity index (χ4n) is 2.69. The summed E-state index contributed by atoms with van der Waals surface area (Å²) >= 11 is 12.1. The molecule has 31 heavy (non-hydrogen) atoms. The zero-order valence-electron chi connectivity index (χ0n) is 17.0. The number of hydrogen-bond donors (Lipinski definition) is 2. The minimum absolute atomic E-state index is 0.0122. The molecule has 168 valence electrons. The Morgan fingerprint density at radius 2 is 1.81 bits per heavy atom. The highest BCUT2D eigenvalue weighted by molar-refractivity contribution is 7.92. The normalized spacial score (nSPS) is 11.1. The highest BCUT2D eigenvalue weighted by Gasteiger charge is 2.24. The van der Waals surface area contributed by atoms with Crippen LogP contribution >= 0.6 is 23.2 Å². The van der Waals surface area contributed by atoms with Crippen LogP contribution in [0.4, 0.5) is 11.4 Å². The van der Waals surface area contributed by atoms with Crippen molar-refractivity contribution >= 4 is 56.4 Å². The Balaban J connectivity index is 2.19. The maximum Gasteiger partial charge on any atom is 0.253 e. The molecule has 0 radical (unpaired) electrons. The first kappa shape index (κ1) is 24.9. The Labute approximate surface area is 191 Å². The highest BCUT2D eigenvalue weighted by atomic mass is 35.5. The Bertz CT molecular complexity index is 1050. The monoisotopic (exact) mass is 487 g/mol. The van der Waals surface area contributed by atoms with Crippen molar-refractivity contribution < 1.29 is 22.7 Å². The number of amides is 2. The van der Waals surface area contributed by atoms with Crippen LogP contribution in [0.5, 0.6) is 0 Å². The van der Waals surface area contributed by atoms with Gasteiger partial charge >= 0.3 is 0 Å². The lowest BCUT2D eigenvalue weighted by atomic mass is 10.1. The van der Waals surface area contributed by atoms with Gasteiger partial charge < -0.3 is 15.4 Å². The number of ether oxygens (including phenoxy) is 1. The smallest absolute Gasteiger partial charge is 0.253 e. The molecule has 0 bridgehead atoms. The number of halogens is 2. The molecule has 0 aliphatic carbocycles. The van der Waals surface area contributed by atoms with E-state index in [-0.39, 0.29) is 32.9 Å². The van der Waals surface area contributed by atoms with Gasteiger partial charge in [0.25, 0.3) is 5.91 Å². The lowest BCUT2D eigenvalue weighted by Gasteiger charge is -2.23. The zero-order chi connectivity index (χ0) is 23.0. The van der Waals surface area contributed by atoms with Crippen molar-refractivity contribution in [2.45, 2.75) is 6.42 Å². The molecule has 11 heteroatoms. The quantitative estimate of drug-likeness (QED) is 0.500. The molecule has 8 nitrogen and oxygen atoms in total.